The molecule has 0 aliphatic heterocycles. The largest absolute Gasteiger partial charge is 0.573 e. The van der Waals surface area contributed by atoms with Gasteiger partial charge in [0.15, 0.2) is 0 Å². The van der Waals surface area contributed by atoms with Crippen molar-refractivity contribution in [2.45, 2.75) is 25.1 Å². The van der Waals surface area contributed by atoms with Crippen LogP contribution < -0.4 is 4.74 Å². The first-order chi connectivity index (χ1) is 9.42. The Bertz CT molecular complexity index is 632. The normalized spacial score (nSPS) is 15.4. The van der Waals surface area contributed by atoms with Gasteiger partial charge in [-0.1, -0.05) is 0 Å². The first-order valence-electron chi connectivity index (χ1n) is 6.03. The van der Waals surface area contributed by atoms with Gasteiger partial charge in [-0.15, -0.1) is 13.2 Å². The van der Waals surface area contributed by atoms with Crippen molar-refractivity contribution >= 4 is 0 Å². The molecule has 0 atom stereocenters. The average Bonchev–Trinajstić information content (AvgIpc) is 3.09. The van der Waals surface area contributed by atoms with Crippen molar-refractivity contribution in [3.05, 3.63) is 35.9 Å². The van der Waals surface area contributed by atoms with E-state index in [1.807, 2.05) is 0 Å². The zero-order valence-corrected chi connectivity index (χ0v) is 10.2. The number of nitrogens with one attached hydrogen (secondary N) is 1. The second kappa shape index (κ2) is 4.50. The fourth-order valence-electron chi connectivity index (χ4n) is 1.96. The van der Waals surface area contributed by atoms with Gasteiger partial charge in [0, 0.05) is 17.8 Å². The number of H-pyrrole nitrogens is 1. The summed E-state index contributed by atoms with van der Waals surface area (Å²) < 4.78 is 54.0. The fraction of sp³-hybridized carbons (Fsp3) is 0.308. The molecule has 106 valence electrons. The summed E-state index contributed by atoms with van der Waals surface area (Å²) in [7, 11) is 0. The number of hydrogen-bond acceptors (Lipinski definition) is 2. The highest BCUT2D eigenvalue weighted by Crippen LogP contribution is 2.40. The molecule has 3 nitrogen and oxygen atoms in total. The van der Waals surface area contributed by atoms with Crippen LogP contribution in [0.1, 0.15) is 24.5 Å². The lowest BCUT2D eigenvalue weighted by molar-refractivity contribution is -0.274. The third kappa shape index (κ3) is 2.76. The van der Waals surface area contributed by atoms with Crippen LogP contribution in [0, 0.1) is 5.82 Å². The maximum absolute atomic E-state index is 13.7. The van der Waals surface area contributed by atoms with Gasteiger partial charge >= 0.3 is 6.36 Å². The van der Waals surface area contributed by atoms with Crippen molar-refractivity contribution < 1.29 is 22.3 Å². The highest BCUT2D eigenvalue weighted by Gasteiger charge is 2.31. The van der Waals surface area contributed by atoms with Crippen molar-refractivity contribution in [1.82, 2.24) is 9.97 Å². The molecule has 1 saturated carbocycles. The van der Waals surface area contributed by atoms with Gasteiger partial charge in [-0.25, -0.2) is 9.37 Å². The van der Waals surface area contributed by atoms with Crippen LogP contribution in [0.4, 0.5) is 17.6 Å². The Morgan fingerprint density at radius 2 is 2.00 bits per heavy atom. The summed E-state index contributed by atoms with van der Waals surface area (Å²) in [6.45, 7) is 0. The smallest absolute Gasteiger partial charge is 0.406 e. The standard InChI is InChI=1S/C13H10F4N2O/c14-10-4-3-8(20-13(15,16)17)5-9(10)12-18-6-11(19-12)7-1-2-7/h3-7H,1-2H2,(H,18,19). The number of rotatable bonds is 3. The van der Waals surface area contributed by atoms with Gasteiger partial charge in [-0.05, 0) is 31.0 Å². The molecule has 1 heterocycles. The second-order valence-corrected chi connectivity index (χ2v) is 4.65. The minimum Gasteiger partial charge on any atom is -0.406 e. The highest BCUT2D eigenvalue weighted by molar-refractivity contribution is 5.59. The van der Waals surface area contributed by atoms with Crippen LogP contribution in [0.3, 0.4) is 0 Å². The predicted molar refractivity (Wildman–Crippen MR) is 62.6 cm³/mol. The third-order valence-electron chi connectivity index (χ3n) is 3.04. The number of benzene rings is 1. The van der Waals surface area contributed by atoms with Crippen molar-refractivity contribution in [2.75, 3.05) is 0 Å². The van der Waals surface area contributed by atoms with E-state index < -0.39 is 17.9 Å². The maximum Gasteiger partial charge on any atom is 0.573 e. The maximum atomic E-state index is 13.7. The van der Waals surface area contributed by atoms with Crippen molar-refractivity contribution in [2.24, 2.45) is 0 Å². The van der Waals surface area contributed by atoms with E-state index in [0.717, 1.165) is 36.7 Å². The van der Waals surface area contributed by atoms with E-state index in [1.165, 1.54) is 0 Å². The molecule has 1 N–H and O–H groups in total. The number of aromatic amines is 1. The summed E-state index contributed by atoms with van der Waals surface area (Å²) >= 11 is 0. The number of hydrogen-bond donors (Lipinski definition) is 1. The van der Waals surface area contributed by atoms with Crippen molar-refractivity contribution in [1.29, 1.82) is 0 Å². The summed E-state index contributed by atoms with van der Waals surface area (Å²) in [5.41, 5.74) is 0.834. The Labute approximate surface area is 111 Å². The Hall–Kier alpha value is -2.05. The van der Waals surface area contributed by atoms with E-state index in [-0.39, 0.29) is 11.4 Å². The van der Waals surface area contributed by atoms with Gasteiger partial charge in [-0.3, -0.25) is 0 Å². The molecule has 1 fully saturated rings. The van der Waals surface area contributed by atoms with E-state index in [1.54, 1.807) is 6.20 Å². The van der Waals surface area contributed by atoms with Gasteiger partial charge in [0.25, 0.3) is 0 Å². The SMILES string of the molecule is Fc1ccc(OC(F)(F)F)cc1-c1ncc(C2CC2)[nH]1. The molecule has 0 radical (unpaired) electrons. The number of alkyl halides is 3. The van der Waals surface area contributed by atoms with E-state index in [2.05, 4.69) is 14.7 Å². The van der Waals surface area contributed by atoms with E-state index in [0.29, 0.717) is 5.92 Å². The molecule has 0 amide bonds. The second-order valence-electron chi connectivity index (χ2n) is 4.65. The molecule has 0 spiro atoms. The van der Waals surface area contributed by atoms with Gasteiger partial charge in [0.1, 0.15) is 17.4 Å². The van der Waals surface area contributed by atoms with Crippen LogP contribution in [0.5, 0.6) is 5.75 Å². The Kier molecular flexibility index (Phi) is 2.92. The van der Waals surface area contributed by atoms with Crippen molar-refractivity contribution in [3.63, 3.8) is 0 Å². The molecule has 1 aliphatic carbocycles. The lowest BCUT2D eigenvalue weighted by Gasteiger charge is -2.10. The quantitative estimate of drug-likeness (QED) is 0.866. The predicted octanol–water partition coefficient (Wildman–Crippen LogP) is 3.99. The topological polar surface area (TPSA) is 37.9 Å². The first kappa shape index (κ1) is 13.0. The third-order valence-corrected chi connectivity index (χ3v) is 3.04. The summed E-state index contributed by atoms with van der Waals surface area (Å²) in [5, 5.41) is 0. The molecule has 1 aromatic heterocycles. The minimum atomic E-state index is -4.81. The number of imidazole rings is 1. The van der Waals surface area contributed by atoms with Gasteiger partial charge < -0.3 is 9.72 Å². The molecule has 0 bridgehead atoms. The number of ether oxygens (including phenoxy) is 1. The van der Waals surface area contributed by atoms with Crippen LogP contribution >= 0.6 is 0 Å². The molecule has 2 aromatic rings. The molecule has 1 aromatic carbocycles. The summed E-state index contributed by atoms with van der Waals surface area (Å²) in [6.07, 6.45) is -1.14. The lowest BCUT2D eigenvalue weighted by atomic mass is 10.2. The van der Waals surface area contributed by atoms with Crippen LogP contribution in [0.25, 0.3) is 11.4 Å². The zero-order valence-electron chi connectivity index (χ0n) is 10.2. The average molecular weight is 286 g/mol. The van der Waals surface area contributed by atoms with Gasteiger partial charge in [-0.2, -0.15) is 0 Å². The fourth-order valence-corrected chi connectivity index (χ4v) is 1.96. The first-order valence-corrected chi connectivity index (χ1v) is 6.03. The molecular formula is C13H10F4N2O. The minimum absolute atomic E-state index is 0.0429. The lowest BCUT2D eigenvalue weighted by Crippen LogP contribution is -2.17. The molecule has 0 unspecified atom stereocenters. The van der Waals surface area contributed by atoms with E-state index >= 15 is 0 Å². The summed E-state index contributed by atoms with van der Waals surface area (Å²) in [5.74, 6) is -0.527. The molecule has 3 rings (SSSR count). The molecule has 0 saturated heterocycles. The highest BCUT2D eigenvalue weighted by atomic mass is 19.4. The van der Waals surface area contributed by atoms with Crippen LogP contribution in [-0.2, 0) is 0 Å². The van der Waals surface area contributed by atoms with Crippen LogP contribution in [0.15, 0.2) is 24.4 Å². The Morgan fingerprint density at radius 3 is 2.65 bits per heavy atom. The van der Waals surface area contributed by atoms with Crippen LogP contribution in [0.2, 0.25) is 0 Å². The molecule has 7 heteroatoms. The van der Waals surface area contributed by atoms with Crippen molar-refractivity contribution in [3.8, 4) is 17.1 Å². The zero-order chi connectivity index (χ0) is 14.3. The molecule has 1 aliphatic rings. The van der Waals surface area contributed by atoms with Gasteiger partial charge in [0.05, 0.1) is 5.56 Å². The van der Waals surface area contributed by atoms with Crippen LogP contribution in [-0.4, -0.2) is 16.3 Å². The number of aromatic nitrogens is 2. The molecule has 20 heavy (non-hydrogen) atoms. The summed E-state index contributed by atoms with van der Waals surface area (Å²) in [6, 6.07) is 2.84. The number of nitrogens with zero attached hydrogens (tertiary/aromatic N) is 1. The van der Waals surface area contributed by atoms with E-state index in [9.17, 15) is 17.6 Å². The van der Waals surface area contributed by atoms with Gasteiger partial charge in [0.2, 0.25) is 0 Å². The summed E-state index contributed by atoms with van der Waals surface area (Å²) in [4.78, 5) is 6.95. The molecular weight excluding hydrogens is 276 g/mol. The Balaban J connectivity index is 1.92. The number of halogens is 4. The Morgan fingerprint density at radius 1 is 1.25 bits per heavy atom. The monoisotopic (exact) mass is 286 g/mol. The van der Waals surface area contributed by atoms with E-state index in [4.69, 9.17) is 0 Å².